The van der Waals surface area contributed by atoms with Crippen molar-refractivity contribution in [1.82, 2.24) is 20.3 Å². The van der Waals surface area contributed by atoms with E-state index < -0.39 is 20.8 Å². The van der Waals surface area contributed by atoms with Crippen molar-refractivity contribution in [3.05, 3.63) is 36.9 Å². The summed E-state index contributed by atoms with van der Waals surface area (Å²) in [6.45, 7) is 2.68. The summed E-state index contributed by atoms with van der Waals surface area (Å²) in [5.41, 5.74) is 0.627. The van der Waals surface area contributed by atoms with Gasteiger partial charge in [0.1, 0.15) is 23.3 Å². The molecule has 0 spiro atoms. The molecule has 4 rings (SSSR count). The summed E-state index contributed by atoms with van der Waals surface area (Å²) in [6, 6.07) is 6.91. The van der Waals surface area contributed by atoms with E-state index in [1.165, 1.54) is 12.7 Å². The van der Waals surface area contributed by atoms with Gasteiger partial charge >= 0.3 is 0 Å². The molecule has 1 fully saturated rings. The van der Waals surface area contributed by atoms with Gasteiger partial charge in [-0.15, -0.1) is 0 Å². The van der Waals surface area contributed by atoms with E-state index in [1.54, 1.807) is 24.3 Å². The van der Waals surface area contributed by atoms with Crippen LogP contribution in [0, 0.1) is 0 Å². The van der Waals surface area contributed by atoms with Crippen molar-refractivity contribution in [2.24, 2.45) is 0 Å². The maximum Gasteiger partial charge on any atom is 0.299 e. The van der Waals surface area contributed by atoms with Gasteiger partial charge in [-0.25, -0.2) is 15.0 Å². The van der Waals surface area contributed by atoms with E-state index in [0.29, 0.717) is 42.6 Å². The molecule has 3 N–H and O–H groups in total. The fourth-order valence-electron chi connectivity index (χ4n) is 3.42. The number of hydrogen-bond acceptors (Lipinski definition) is 8. The van der Waals surface area contributed by atoms with Crippen LogP contribution in [0.3, 0.4) is 0 Å². The van der Waals surface area contributed by atoms with Gasteiger partial charge in [0.05, 0.1) is 11.3 Å². The molecule has 0 atom stereocenters. The van der Waals surface area contributed by atoms with Crippen LogP contribution >= 0.6 is 0 Å². The fourth-order valence-corrected chi connectivity index (χ4v) is 4.22. The van der Waals surface area contributed by atoms with Gasteiger partial charge in [-0.1, -0.05) is 24.3 Å². The Bertz CT molecular complexity index is 1100. The molecule has 2 heterocycles. The highest BCUT2D eigenvalue weighted by atomic mass is 32.2. The van der Waals surface area contributed by atoms with Crippen molar-refractivity contribution >= 4 is 26.6 Å². The number of benzene rings is 2. The van der Waals surface area contributed by atoms with Crippen molar-refractivity contribution in [3.8, 4) is 17.1 Å². The van der Waals surface area contributed by atoms with E-state index >= 15 is 0 Å². The average molecular weight is 387 g/mol. The Morgan fingerprint density at radius 2 is 1.67 bits per heavy atom. The SMILES string of the molecule is O=S(=O)(O)c1c(-c2ncncn2)c(N2CCNCC2)c2ccccc2c1O. The van der Waals surface area contributed by atoms with Crippen LogP contribution < -0.4 is 10.2 Å². The van der Waals surface area contributed by atoms with E-state index in [2.05, 4.69) is 20.3 Å². The predicted molar refractivity (Wildman–Crippen MR) is 99.3 cm³/mol. The van der Waals surface area contributed by atoms with Crippen molar-refractivity contribution in [2.75, 3.05) is 31.1 Å². The van der Waals surface area contributed by atoms with E-state index in [-0.39, 0.29) is 11.4 Å². The quantitative estimate of drug-likeness (QED) is 0.565. The summed E-state index contributed by atoms with van der Waals surface area (Å²) >= 11 is 0. The zero-order valence-corrected chi connectivity index (χ0v) is 15.0. The number of fused-ring (bicyclic) bond motifs is 1. The standard InChI is InChI=1S/C17H17N5O4S/c23-15-12-4-2-1-3-11(12)14(22-7-5-18-6-8-22)13(16(15)27(24,25)26)17-20-9-19-10-21-17/h1-4,9-10,18,23H,5-8H2,(H,24,25,26). The number of nitrogens with zero attached hydrogens (tertiary/aromatic N) is 4. The number of aromatic nitrogens is 3. The monoisotopic (exact) mass is 387 g/mol. The average Bonchev–Trinajstić information content (AvgIpc) is 2.68. The third-order valence-corrected chi connectivity index (χ3v) is 5.44. The Labute approximate surface area is 155 Å². The number of phenols is 1. The molecule has 0 saturated carbocycles. The number of phenolic OH excluding ortho intramolecular Hbond substituents is 1. The number of rotatable bonds is 3. The highest BCUT2D eigenvalue weighted by Crippen LogP contribution is 2.46. The van der Waals surface area contributed by atoms with Crippen LogP contribution in [-0.4, -0.2) is 59.2 Å². The number of anilines is 1. The maximum atomic E-state index is 12.2. The van der Waals surface area contributed by atoms with Crippen LogP contribution in [0.1, 0.15) is 0 Å². The molecule has 0 bridgehead atoms. The van der Waals surface area contributed by atoms with Gasteiger partial charge in [0.15, 0.2) is 5.82 Å². The molecule has 3 aromatic rings. The molecule has 9 nitrogen and oxygen atoms in total. The van der Waals surface area contributed by atoms with Gasteiger partial charge in [0, 0.05) is 37.0 Å². The highest BCUT2D eigenvalue weighted by Gasteiger charge is 2.31. The second-order valence-corrected chi connectivity index (χ2v) is 7.48. The van der Waals surface area contributed by atoms with Gasteiger partial charge in [-0.05, 0) is 0 Å². The van der Waals surface area contributed by atoms with Crippen LogP contribution in [-0.2, 0) is 10.1 Å². The van der Waals surface area contributed by atoms with Gasteiger partial charge in [-0.2, -0.15) is 8.42 Å². The lowest BCUT2D eigenvalue weighted by molar-refractivity contribution is 0.448. The molecule has 1 aliphatic heterocycles. The molecule has 1 aliphatic rings. The summed E-state index contributed by atoms with van der Waals surface area (Å²) in [6.07, 6.45) is 2.48. The number of nitrogens with one attached hydrogen (secondary N) is 1. The molecular weight excluding hydrogens is 370 g/mol. The van der Waals surface area contributed by atoms with E-state index in [0.717, 1.165) is 0 Å². The first kappa shape index (κ1) is 17.6. The lowest BCUT2D eigenvalue weighted by Crippen LogP contribution is -2.44. The summed E-state index contributed by atoms with van der Waals surface area (Å²) in [5.74, 6) is -0.463. The smallest absolute Gasteiger partial charge is 0.299 e. The van der Waals surface area contributed by atoms with Crippen LogP contribution in [0.4, 0.5) is 5.69 Å². The highest BCUT2D eigenvalue weighted by molar-refractivity contribution is 7.86. The Morgan fingerprint density at radius 3 is 2.30 bits per heavy atom. The molecule has 1 saturated heterocycles. The minimum Gasteiger partial charge on any atom is -0.506 e. The molecule has 0 aliphatic carbocycles. The van der Waals surface area contributed by atoms with Gasteiger partial charge in [-0.3, -0.25) is 4.55 Å². The lowest BCUT2D eigenvalue weighted by atomic mass is 10.00. The fraction of sp³-hybridized carbons (Fsp3) is 0.235. The zero-order chi connectivity index (χ0) is 19.0. The summed E-state index contributed by atoms with van der Waals surface area (Å²) in [7, 11) is -4.76. The largest absolute Gasteiger partial charge is 0.506 e. The Kier molecular flexibility index (Phi) is 4.38. The minimum absolute atomic E-state index is 0.0622. The van der Waals surface area contributed by atoms with Crippen LogP contribution in [0.15, 0.2) is 41.8 Å². The number of aromatic hydroxyl groups is 1. The van der Waals surface area contributed by atoms with Crippen molar-refractivity contribution < 1.29 is 18.1 Å². The molecule has 1 aromatic heterocycles. The van der Waals surface area contributed by atoms with Gasteiger partial charge in [0.25, 0.3) is 10.1 Å². The number of piperazine rings is 1. The Hall–Kier alpha value is -2.82. The molecule has 2 aromatic carbocycles. The molecule has 0 radical (unpaired) electrons. The molecule has 27 heavy (non-hydrogen) atoms. The first-order chi connectivity index (χ1) is 13.0. The third-order valence-electron chi connectivity index (χ3n) is 4.52. The predicted octanol–water partition coefficient (Wildman–Crippen LogP) is 1.05. The van der Waals surface area contributed by atoms with Gasteiger partial charge in [0.2, 0.25) is 0 Å². The summed E-state index contributed by atoms with van der Waals surface area (Å²) < 4.78 is 34.3. The van der Waals surface area contributed by atoms with Crippen LogP contribution in [0.2, 0.25) is 0 Å². The van der Waals surface area contributed by atoms with E-state index in [1.807, 2.05) is 4.90 Å². The maximum absolute atomic E-state index is 12.2. The van der Waals surface area contributed by atoms with Crippen LogP contribution in [0.5, 0.6) is 5.75 Å². The molecule has 10 heteroatoms. The van der Waals surface area contributed by atoms with Crippen molar-refractivity contribution in [1.29, 1.82) is 0 Å². The lowest BCUT2D eigenvalue weighted by Gasteiger charge is -2.32. The first-order valence-corrected chi connectivity index (χ1v) is 9.75. The first-order valence-electron chi connectivity index (χ1n) is 8.31. The Morgan fingerprint density at radius 1 is 1.04 bits per heavy atom. The summed E-state index contributed by atoms with van der Waals surface area (Å²) in [4.78, 5) is 13.3. The molecule has 140 valence electrons. The van der Waals surface area contributed by atoms with Gasteiger partial charge < -0.3 is 15.3 Å². The second kappa shape index (κ2) is 6.72. The third kappa shape index (κ3) is 3.07. The van der Waals surface area contributed by atoms with E-state index in [4.69, 9.17) is 0 Å². The molecule has 0 unspecified atom stereocenters. The van der Waals surface area contributed by atoms with Crippen molar-refractivity contribution in [3.63, 3.8) is 0 Å². The number of hydrogen-bond donors (Lipinski definition) is 3. The van der Waals surface area contributed by atoms with Crippen molar-refractivity contribution in [2.45, 2.75) is 4.90 Å². The molecular formula is C17H17N5O4S. The topological polar surface area (TPSA) is 129 Å². The minimum atomic E-state index is -4.76. The Balaban J connectivity index is 2.19. The van der Waals surface area contributed by atoms with Crippen LogP contribution in [0.25, 0.3) is 22.2 Å². The summed E-state index contributed by atoms with van der Waals surface area (Å²) in [5, 5.41) is 14.9. The van der Waals surface area contributed by atoms with E-state index in [9.17, 15) is 18.1 Å². The molecule has 0 amide bonds. The normalized spacial score (nSPS) is 15.2. The second-order valence-electron chi connectivity index (χ2n) is 6.12. The zero-order valence-electron chi connectivity index (χ0n) is 14.2.